The Kier molecular flexibility index (Phi) is 4.84. The summed E-state index contributed by atoms with van der Waals surface area (Å²) >= 11 is 0. The van der Waals surface area contributed by atoms with Gasteiger partial charge in [-0.3, -0.25) is 0 Å². The number of hydrogen-bond donors (Lipinski definition) is 0. The van der Waals surface area contributed by atoms with Crippen LogP contribution in [0.25, 0.3) is 11.0 Å². The van der Waals surface area contributed by atoms with Crippen LogP contribution in [0.15, 0.2) is 53.4 Å². The molecule has 3 nitrogen and oxygen atoms in total. The molecule has 0 aliphatic carbocycles. The Morgan fingerprint density at radius 3 is 2.00 bits per heavy atom. The lowest BCUT2D eigenvalue weighted by Gasteiger charge is -2.39. The molecule has 0 radical (unpaired) electrons. The molecule has 2 aromatic rings. The van der Waals surface area contributed by atoms with E-state index in [2.05, 4.69) is 3.63 Å². The molecule has 1 aliphatic rings. The highest BCUT2D eigenvalue weighted by atomic mass is 32.3. The highest BCUT2D eigenvalue weighted by molar-refractivity contribution is 8.41. The maximum atomic E-state index is 14.3. The lowest BCUT2D eigenvalue weighted by Crippen LogP contribution is -2.32. The van der Waals surface area contributed by atoms with Gasteiger partial charge in [0.2, 0.25) is 0 Å². The van der Waals surface area contributed by atoms with Crippen LogP contribution in [0, 0.1) is 6.92 Å². The maximum absolute atomic E-state index is 14.3. The molecular formula is C17H12F6O3S2. The van der Waals surface area contributed by atoms with Crippen molar-refractivity contribution in [1.29, 1.82) is 0 Å². The van der Waals surface area contributed by atoms with Crippen molar-refractivity contribution >= 4 is 31.4 Å². The summed E-state index contributed by atoms with van der Waals surface area (Å²) in [5, 5.41) is 0. The van der Waals surface area contributed by atoms with Gasteiger partial charge in [0.25, 0.3) is 0 Å². The number of hydrogen-bond acceptors (Lipinski definition) is 3. The van der Waals surface area contributed by atoms with Gasteiger partial charge in [0, 0.05) is 20.1 Å². The molecule has 28 heavy (non-hydrogen) atoms. The fraction of sp³-hybridized carbons (Fsp3) is 0.176. The summed E-state index contributed by atoms with van der Waals surface area (Å²) in [6.45, 7) is 1.68. The SMILES string of the molecule is Cc1ccc(C2=Cc3ccccc3S2(OS(=O)(=O)C(F)(F)F)C(F)(F)F)cc1. The van der Waals surface area contributed by atoms with Crippen LogP contribution in [0.1, 0.15) is 16.7 Å². The molecule has 2 aromatic carbocycles. The van der Waals surface area contributed by atoms with Gasteiger partial charge in [-0.2, -0.15) is 38.4 Å². The molecule has 1 aliphatic heterocycles. The smallest absolute Gasteiger partial charge is 0.196 e. The lowest BCUT2D eigenvalue weighted by molar-refractivity contribution is -0.0543. The Labute approximate surface area is 158 Å². The van der Waals surface area contributed by atoms with Gasteiger partial charge in [0.05, 0.1) is 0 Å². The molecule has 0 fully saturated rings. The van der Waals surface area contributed by atoms with Crippen molar-refractivity contribution in [2.45, 2.75) is 22.8 Å². The van der Waals surface area contributed by atoms with Crippen molar-refractivity contribution in [2.24, 2.45) is 0 Å². The molecule has 0 saturated heterocycles. The van der Waals surface area contributed by atoms with E-state index in [1.165, 1.54) is 42.5 Å². The molecule has 0 spiro atoms. The van der Waals surface area contributed by atoms with E-state index >= 15 is 0 Å². The van der Waals surface area contributed by atoms with E-state index < -0.39 is 41.2 Å². The van der Waals surface area contributed by atoms with Crippen molar-refractivity contribution in [2.75, 3.05) is 0 Å². The number of fused-ring (bicyclic) bond motifs is 1. The second kappa shape index (κ2) is 6.53. The van der Waals surface area contributed by atoms with Gasteiger partial charge in [-0.25, -0.2) is 0 Å². The predicted molar refractivity (Wildman–Crippen MR) is 93.5 cm³/mol. The van der Waals surface area contributed by atoms with Crippen molar-refractivity contribution in [3.63, 3.8) is 0 Å². The second-order valence-corrected chi connectivity index (χ2v) is 10.3. The fourth-order valence-electron chi connectivity index (χ4n) is 2.71. The van der Waals surface area contributed by atoms with Crippen LogP contribution in [0.3, 0.4) is 0 Å². The van der Waals surface area contributed by atoms with Crippen LogP contribution in [-0.4, -0.2) is 19.4 Å². The zero-order valence-electron chi connectivity index (χ0n) is 14.0. The van der Waals surface area contributed by atoms with E-state index in [0.717, 1.165) is 12.1 Å². The number of halogens is 6. The monoisotopic (exact) mass is 442 g/mol. The van der Waals surface area contributed by atoms with Gasteiger partial charge >= 0.3 is 21.1 Å². The number of rotatable bonds is 3. The average Bonchev–Trinajstić information content (AvgIpc) is 2.90. The minimum atomic E-state index is -6.54. The van der Waals surface area contributed by atoms with E-state index in [-0.39, 0.29) is 11.1 Å². The van der Waals surface area contributed by atoms with Crippen LogP contribution in [-0.2, 0) is 13.7 Å². The normalized spacial score (nSPS) is 22.3. The first-order valence-electron chi connectivity index (χ1n) is 7.59. The Bertz CT molecular complexity index is 1040. The van der Waals surface area contributed by atoms with Gasteiger partial charge in [-0.15, -0.1) is 0 Å². The van der Waals surface area contributed by atoms with Crippen LogP contribution in [0.5, 0.6) is 0 Å². The van der Waals surface area contributed by atoms with Crippen molar-refractivity contribution in [3.05, 3.63) is 65.2 Å². The Morgan fingerprint density at radius 2 is 1.46 bits per heavy atom. The third-order valence-corrected chi connectivity index (χ3v) is 8.68. The summed E-state index contributed by atoms with van der Waals surface area (Å²) in [5.41, 5.74) is -10.9. The largest absolute Gasteiger partial charge is 0.523 e. The molecule has 1 heterocycles. The summed E-state index contributed by atoms with van der Waals surface area (Å²) in [4.78, 5) is -1.31. The van der Waals surface area contributed by atoms with E-state index in [4.69, 9.17) is 0 Å². The molecule has 11 heteroatoms. The zero-order valence-corrected chi connectivity index (χ0v) is 15.6. The van der Waals surface area contributed by atoms with E-state index in [1.807, 2.05) is 0 Å². The maximum Gasteiger partial charge on any atom is 0.523 e. The molecule has 152 valence electrons. The van der Waals surface area contributed by atoms with Crippen molar-refractivity contribution in [1.82, 2.24) is 0 Å². The second-order valence-electron chi connectivity index (χ2n) is 5.88. The highest BCUT2D eigenvalue weighted by Gasteiger charge is 2.64. The third-order valence-electron chi connectivity index (χ3n) is 3.96. The quantitative estimate of drug-likeness (QED) is 0.435. The van der Waals surface area contributed by atoms with Crippen LogP contribution in [0.4, 0.5) is 26.3 Å². The first-order valence-corrected chi connectivity index (χ1v) is 10.6. The van der Waals surface area contributed by atoms with Gasteiger partial charge in [-0.05, 0) is 30.2 Å². The van der Waals surface area contributed by atoms with Gasteiger partial charge in [0.1, 0.15) is 0 Å². The molecule has 1 unspecified atom stereocenters. The van der Waals surface area contributed by atoms with Crippen LogP contribution >= 0.6 is 10.3 Å². The number of benzene rings is 2. The van der Waals surface area contributed by atoms with Gasteiger partial charge in [-0.1, -0.05) is 48.0 Å². The summed E-state index contributed by atoms with van der Waals surface area (Å²) in [7, 11) is -11.6. The number of alkyl halides is 6. The number of aryl methyl sites for hydroxylation is 1. The predicted octanol–water partition coefficient (Wildman–Crippen LogP) is 5.97. The average molecular weight is 442 g/mol. The first kappa shape index (κ1) is 20.7. The molecular weight excluding hydrogens is 430 g/mol. The minimum Gasteiger partial charge on any atom is -0.196 e. The molecule has 3 rings (SSSR count). The summed E-state index contributed by atoms with van der Waals surface area (Å²) in [6, 6.07) is 10.3. The van der Waals surface area contributed by atoms with Crippen LogP contribution < -0.4 is 0 Å². The minimum absolute atomic E-state index is 0.0530. The van der Waals surface area contributed by atoms with Gasteiger partial charge in [0.15, 0.2) is 0 Å². The molecule has 0 aromatic heterocycles. The molecule has 0 saturated carbocycles. The standard InChI is InChI=1S/C17H12F6O3S2/c1-11-6-8-12(9-7-11)15-10-13-4-2-3-5-14(13)27(15,16(18,19)20)26-28(24,25)17(21,22)23/h2-10H,1H3. The van der Waals surface area contributed by atoms with Crippen LogP contribution in [0.2, 0.25) is 0 Å². The van der Waals surface area contributed by atoms with Gasteiger partial charge < -0.3 is 0 Å². The first-order chi connectivity index (χ1) is 12.8. The Morgan fingerprint density at radius 1 is 0.893 bits per heavy atom. The topological polar surface area (TPSA) is 43.4 Å². The van der Waals surface area contributed by atoms with Crippen molar-refractivity contribution in [3.8, 4) is 0 Å². The molecule has 0 amide bonds. The summed E-state index contributed by atoms with van der Waals surface area (Å²) in [6.07, 6.45) is 1.02. The van der Waals surface area contributed by atoms with Crippen molar-refractivity contribution < 1.29 is 38.4 Å². The molecule has 1 atom stereocenters. The molecule has 0 N–H and O–H groups in total. The van der Waals surface area contributed by atoms with E-state index in [1.54, 1.807) is 6.92 Å². The van der Waals surface area contributed by atoms with E-state index in [9.17, 15) is 34.8 Å². The summed E-state index contributed by atoms with van der Waals surface area (Å²) < 4.78 is 109. The Balaban J connectivity index is 2.33. The van der Waals surface area contributed by atoms with E-state index in [0.29, 0.717) is 5.56 Å². The lowest BCUT2D eigenvalue weighted by atomic mass is 10.1. The summed E-state index contributed by atoms with van der Waals surface area (Å²) in [5.74, 6) is 0. The third kappa shape index (κ3) is 3.20. The molecule has 0 bridgehead atoms. The highest BCUT2D eigenvalue weighted by Crippen LogP contribution is 2.80. The fourth-order valence-corrected chi connectivity index (χ4v) is 7.21. The Hall–Kier alpha value is -1.98. The zero-order chi connectivity index (χ0) is 21.0.